The zero-order chi connectivity index (χ0) is 14.7. The maximum absolute atomic E-state index is 13.0. The van der Waals surface area contributed by atoms with Crippen molar-refractivity contribution < 1.29 is 4.39 Å². The smallest absolute Gasteiger partial charge is 0.123 e. The Morgan fingerprint density at radius 1 is 1.10 bits per heavy atom. The molecule has 0 radical (unpaired) electrons. The zero-order valence-corrected chi connectivity index (χ0v) is 12.2. The van der Waals surface area contributed by atoms with Crippen LogP contribution < -0.4 is 10.6 Å². The van der Waals surface area contributed by atoms with Gasteiger partial charge < -0.3 is 10.6 Å². The second-order valence-electron chi connectivity index (χ2n) is 5.20. The molecule has 2 N–H and O–H groups in total. The van der Waals surface area contributed by atoms with E-state index in [1.165, 1.54) is 23.3 Å². The fourth-order valence-electron chi connectivity index (χ4n) is 2.57. The van der Waals surface area contributed by atoms with Crippen molar-refractivity contribution in [2.45, 2.75) is 19.9 Å². The van der Waals surface area contributed by atoms with Crippen LogP contribution in [-0.2, 0) is 0 Å². The van der Waals surface area contributed by atoms with Crippen molar-refractivity contribution in [3.63, 3.8) is 0 Å². The van der Waals surface area contributed by atoms with Crippen LogP contribution >= 0.6 is 0 Å². The highest BCUT2D eigenvalue weighted by Crippen LogP contribution is 2.28. The first-order chi connectivity index (χ1) is 9.52. The molecule has 2 nitrogen and oxygen atoms in total. The number of nitrogens with two attached hydrogens (primary N) is 1. The fourth-order valence-corrected chi connectivity index (χ4v) is 2.57. The lowest BCUT2D eigenvalue weighted by Gasteiger charge is -2.31. The molecule has 0 amide bonds. The van der Waals surface area contributed by atoms with Crippen molar-refractivity contribution in [1.82, 2.24) is 0 Å². The molecular weight excluding hydrogens is 251 g/mol. The lowest BCUT2D eigenvalue weighted by atomic mass is 10.0. The molecule has 0 heterocycles. The first-order valence-electron chi connectivity index (χ1n) is 6.78. The largest absolute Gasteiger partial charge is 0.366 e. The van der Waals surface area contributed by atoms with Crippen LogP contribution in [0.1, 0.15) is 22.7 Å². The molecule has 106 valence electrons. The number of aryl methyl sites for hydroxylation is 2. The van der Waals surface area contributed by atoms with Crippen LogP contribution in [0.3, 0.4) is 0 Å². The molecule has 0 saturated carbocycles. The maximum atomic E-state index is 13.0. The van der Waals surface area contributed by atoms with Crippen LogP contribution in [0.5, 0.6) is 0 Å². The SMILES string of the molecule is Cc1ccc(N(C)C(CN)c2ccc(F)cc2)c(C)c1. The van der Waals surface area contributed by atoms with Gasteiger partial charge in [0.05, 0.1) is 6.04 Å². The number of hydrogen-bond acceptors (Lipinski definition) is 2. The Morgan fingerprint density at radius 2 is 1.75 bits per heavy atom. The summed E-state index contributed by atoms with van der Waals surface area (Å²) in [4.78, 5) is 2.15. The number of anilines is 1. The lowest BCUT2D eigenvalue weighted by Crippen LogP contribution is -2.30. The van der Waals surface area contributed by atoms with Gasteiger partial charge in [-0.2, -0.15) is 0 Å². The van der Waals surface area contributed by atoms with E-state index in [4.69, 9.17) is 5.73 Å². The molecule has 0 aromatic heterocycles. The normalized spacial score (nSPS) is 12.2. The van der Waals surface area contributed by atoms with E-state index < -0.39 is 0 Å². The molecule has 2 aromatic carbocycles. The van der Waals surface area contributed by atoms with Crippen molar-refractivity contribution in [3.05, 3.63) is 65.0 Å². The van der Waals surface area contributed by atoms with E-state index in [2.05, 4.69) is 36.9 Å². The van der Waals surface area contributed by atoms with Crippen LogP contribution in [0.2, 0.25) is 0 Å². The highest BCUT2D eigenvalue weighted by atomic mass is 19.1. The van der Waals surface area contributed by atoms with Gasteiger partial charge in [0.1, 0.15) is 5.82 Å². The van der Waals surface area contributed by atoms with Gasteiger partial charge >= 0.3 is 0 Å². The Morgan fingerprint density at radius 3 is 2.30 bits per heavy atom. The summed E-state index contributed by atoms with van der Waals surface area (Å²) in [6, 6.07) is 13.0. The summed E-state index contributed by atoms with van der Waals surface area (Å²) in [5.41, 5.74) is 10.6. The Kier molecular flexibility index (Phi) is 4.40. The predicted molar refractivity (Wildman–Crippen MR) is 82.5 cm³/mol. The van der Waals surface area contributed by atoms with E-state index in [0.29, 0.717) is 6.54 Å². The molecule has 0 bridgehead atoms. The number of halogens is 1. The van der Waals surface area contributed by atoms with E-state index in [-0.39, 0.29) is 11.9 Å². The Balaban J connectivity index is 2.33. The molecule has 0 aliphatic heterocycles. The minimum Gasteiger partial charge on any atom is -0.366 e. The summed E-state index contributed by atoms with van der Waals surface area (Å²) >= 11 is 0. The number of hydrogen-bond donors (Lipinski definition) is 1. The molecule has 3 heteroatoms. The average molecular weight is 272 g/mol. The molecule has 1 atom stereocenters. The molecule has 0 saturated heterocycles. The second kappa shape index (κ2) is 6.06. The standard InChI is InChI=1S/C17H21FN2/c1-12-4-9-16(13(2)10-12)20(3)17(11-19)14-5-7-15(18)8-6-14/h4-10,17H,11,19H2,1-3H3. The molecule has 0 fully saturated rings. The topological polar surface area (TPSA) is 29.3 Å². The number of nitrogens with zero attached hydrogens (tertiary/aromatic N) is 1. The van der Waals surface area contributed by atoms with E-state index in [9.17, 15) is 4.39 Å². The van der Waals surface area contributed by atoms with Crippen molar-refractivity contribution in [3.8, 4) is 0 Å². The highest BCUT2D eigenvalue weighted by molar-refractivity contribution is 5.55. The van der Waals surface area contributed by atoms with Crippen molar-refractivity contribution in [2.75, 3.05) is 18.5 Å². The van der Waals surface area contributed by atoms with Gasteiger partial charge in [0.25, 0.3) is 0 Å². The predicted octanol–water partition coefficient (Wildman–Crippen LogP) is 3.58. The maximum Gasteiger partial charge on any atom is 0.123 e. The van der Waals surface area contributed by atoms with Crippen molar-refractivity contribution in [1.29, 1.82) is 0 Å². The highest BCUT2D eigenvalue weighted by Gasteiger charge is 2.17. The molecule has 0 aliphatic carbocycles. The third-order valence-corrected chi connectivity index (χ3v) is 3.68. The third kappa shape index (κ3) is 2.99. The summed E-state index contributed by atoms with van der Waals surface area (Å²) in [5.74, 6) is -0.223. The van der Waals surface area contributed by atoms with Gasteiger partial charge in [-0.05, 0) is 43.2 Å². The monoisotopic (exact) mass is 272 g/mol. The number of likely N-dealkylation sites (N-methyl/N-ethyl adjacent to an activating group) is 1. The summed E-state index contributed by atoms with van der Waals surface area (Å²) in [6.07, 6.45) is 0. The molecule has 1 unspecified atom stereocenters. The molecule has 0 aliphatic rings. The van der Waals surface area contributed by atoms with Gasteiger partial charge in [-0.3, -0.25) is 0 Å². The first kappa shape index (κ1) is 14.5. The number of benzene rings is 2. The lowest BCUT2D eigenvalue weighted by molar-refractivity contribution is 0.622. The summed E-state index contributed by atoms with van der Waals surface area (Å²) in [7, 11) is 2.03. The van der Waals surface area contributed by atoms with E-state index in [1.807, 2.05) is 7.05 Å². The average Bonchev–Trinajstić information content (AvgIpc) is 2.41. The van der Waals surface area contributed by atoms with E-state index >= 15 is 0 Å². The van der Waals surface area contributed by atoms with Gasteiger partial charge in [0, 0.05) is 19.3 Å². The van der Waals surface area contributed by atoms with E-state index in [1.54, 1.807) is 12.1 Å². The zero-order valence-electron chi connectivity index (χ0n) is 12.2. The van der Waals surface area contributed by atoms with Gasteiger partial charge in [-0.1, -0.05) is 29.8 Å². The second-order valence-corrected chi connectivity index (χ2v) is 5.20. The van der Waals surface area contributed by atoms with E-state index in [0.717, 1.165) is 11.3 Å². The minimum absolute atomic E-state index is 0.0389. The van der Waals surface area contributed by atoms with Crippen LogP contribution in [0.25, 0.3) is 0 Å². The van der Waals surface area contributed by atoms with Crippen LogP contribution in [0.4, 0.5) is 10.1 Å². The van der Waals surface area contributed by atoms with Crippen LogP contribution in [0.15, 0.2) is 42.5 Å². The van der Waals surface area contributed by atoms with Crippen molar-refractivity contribution >= 4 is 5.69 Å². The van der Waals surface area contributed by atoms with Gasteiger partial charge in [0.15, 0.2) is 0 Å². The van der Waals surface area contributed by atoms with Gasteiger partial charge in [-0.25, -0.2) is 4.39 Å². The number of rotatable bonds is 4. The van der Waals surface area contributed by atoms with Gasteiger partial charge in [0.2, 0.25) is 0 Å². The first-order valence-corrected chi connectivity index (χ1v) is 6.78. The molecule has 2 aromatic rings. The summed E-state index contributed by atoms with van der Waals surface area (Å²) in [6.45, 7) is 4.66. The third-order valence-electron chi connectivity index (χ3n) is 3.68. The Labute approximate surface area is 120 Å². The van der Waals surface area contributed by atoms with Crippen LogP contribution in [-0.4, -0.2) is 13.6 Å². The molecule has 20 heavy (non-hydrogen) atoms. The molecule has 2 rings (SSSR count). The fraction of sp³-hybridized carbons (Fsp3) is 0.294. The quantitative estimate of drug-likeness (QED) is 0.921. The van der Waals surface area contributed by atoms with Crippen LogP contribution in [0, 0.1) is 19.7 Å². The van der Waals surface area contributed by atoms with Crippen molar-refractivity contribution in [2.24, 2.45) is 5.73 Å². The minimum atomic E-state index is -0.223. The Bertz CT molecular complexity index is 578. The molecule has 0 spiro atoms. The molecular formula is C17H21FN2. The summed E-state index contributed by atoms with van der Waals surface area (Å²) < 4.78 is 13.0. The Hall–Kier alpha value is -1.87. The van der Waals surface area contributed by atoms with Gasteiger partial charge in [-0.15, -0.1) is 0 Å². The summed E-state index contributed by atoms with van der Waals surface area (Å²) in [5, 5.41) is 0.